The average molecular weight is 453 g/mol. The van der Waals surface area contributed by atoms with Crippen LogP contribution in [0.25, 0.3) is 0 Å². The molecule has 0 aromatic heterocycles. The molecule has 3 rings (SSSR count). The van der Waals surface area contributed by atoms with E-state index >= 15 is 0 Å². The molecule has 0 fully saturated rings. The number of aliphatic hydroxyl groups excluding tert-OH is 1. The number of ether oxygens (including phenoxy) is 2. The summed E-state index contributed by atoms with van der Waals surface area (Å²) in [5.41, 5.74) is 4.99. The minimum Gasteiger partial charge on any atom is -0.493 e. The van der Waals surface area contributed by atoms with Crippen LogP contribution in [0.5, 0.6) is 11.5 Å². The van der Waals surface area contributed by atoms with Gasteiger partial charge in [-0.1, -0.05) is 54.1 Å². The lowest BCUT2D eigenvalue weighted by atomic mass is 10.1. The van der Waals surface area contributed by atoms with Gasteiger partial charge in [-0.05, 0) is 53.4 Å². The van der Waals surface area contributed by atoms with E-state index in [1.54, 1.807) is 19.2 Å². The third-order valence-corrected chi connectivity index (χ3v) is 4.98. The van der Waals surface area contributed by atoms with Crippen LogP contribution < -0.4 is 14.9 Å². The van der Waals surface area contributed by atoms with E-state index in [9.17, 15) is 9.90 Å². The van der Waals surface area contributed by atoms with Gasteiger partial charge in [-0.25, -0.2) is 5.43 Å². The Hall–Kier alpha value is -3.35. The molecular formula is C25H25ClN2O4. The molecule has 0 unspecified atom stereocenters. The Labute approximate surface area is 192 Å². The van der Waals surface area contributed by atoms with E-state index in [0.717, 1.165) is 16.7 Å². The van der Waals surface area contributed by atoms with Crippen LogP contribution in [0.4, 0.5) is 0 Å². The summed E-state index contributed by atoms with van der Waals surface area (Å²) < 4.78 is 11.2. The van der Waals surface area contributed by atoms with Gasteiger partial charge in [0.15, 0.2) is 11.5 Å². The molecule has 0 bridgehead atoms. The zero-order valence-electron chi connectivity index (χ0n) is 17.7. The maximum atomic E-state index is 12.0. The van der Waals surface area contributed by atoms with Crippen molar-refractivity contribution in [3.8, 4) is 11.5 Å². The molecule has 0 aliphatic heterocycles. The van der Waals surface area contributed by atoms with Crippen molar-refractivity contribution in [2.45, 2.75) is 25.6 Å². The molecule has 0 aliphatic carbocycles. The van der Waals surface area contributed by atoms with Crippen LogP contribution in [0, 0.1) is 0 Å². The number of amides is 1. The van der Waals surface area contributed by atoms with E-state index in [1.807, 2.05) is 60.7 Å². The van der Waals surface area contributed by atoms with Crippen LogP contribution in [0.1, 0.15) is 35.6 Å². The minimum atomic E-state index is -0.685. The number of carbonyl (C=O) groups excluding carboxylic acids is 1. The van der Waals surface area contributed by atoms with Crippen LogP contribution in [0.3, 0.4) is 0 Å². The summed E-state index contributed by atoms with van der Waals surface area (Å²) in [5, 5.41) is 14.8. The normalized spacial score (nSPS) is 11.8. The lowest BCUT2D eigenvalue weighted by molar-refractivity contribution is -0.121. The number of benzene rings is 3. The zero-order valence-corrected chi connectivity index (χ0v) is 18.5. The van der Waals surface area contributed by atoms with E-state index in [-0.39, 0.29) is 12.3 Å². The Kier molecular flexibility index (Phi) is 8.66. The summed E-state index contributed by atoms with van der Waals surface area (Å²) >= 11 is 5.90. The predicted molar refractivity (Wildman–Crippen MR) is 125 cm³/mol. The lowest BCUT2D eigenvalue weighted by Crippen LogP contribution is -2.18. The Morgan fingerprint density at radius 3 is 2.56 bits per heavy atom. The molecule has 0 spiro atoms. The van der Waals surface area contributed by atoms with Gasteiger partial charge in [-0.2, -0.15) is 5.10 Å². The second kappa shape index (κ2) is 11.9. The van der Waals surface area contributed by atoms with Crippen molar-refractivity contribution in [1.82, 2.24) is 5.43 Å². The van der Waals surface area contributed by atoms with Gasteiger partial charge in [0.05, 0.1) is 19.4 Å². The number of hydrogen-bond acceptors (Lipinski definition) is 5. The van der Waals surface area contributed by atoms with Crippen molar-refractivity contribution in [2.24, 2.45) is 5.10 Å². The molecule has 1 amide bonds. The number of hydrazone groups is 1. The first-order chi connectivity index (χ1) is 15.5. The molecule has 0 heterocycles. The fourth-order valence-electron chi connectivity index (χ4n) is 2.97. The maximum Gasteiger partial charge on any atom is 0.240 e. The Bertz CT molecular complexity index is 1040. The van der Waals surface area contributed by atoms with Crippen LogP contribution in [0.15, 0.2) is 77.9 Å². The summed E-state index contributed by atoms with van der Waals surface area (Å²) in [5.74, 6) is 0.880. The third-order valence-electron chi connectivity index (χ3n) is 4.73. The number of halogens is 1. The monoisotopic (exact) mass is 452 g/mol. The number of aliphatic hydroxyl groups is 1. The van der Waals surface area contributed by atoms with Crippen molar-refractivity contribution in [2.75, 3.05) is 7.11 Å². The first kappa shape index (κ1) is 23.3. The van der Waals surface area contributed by atoms with Gasteiger partial charge in [0.1, 0.15) is 6.61 Å². The molecule has 6 nitrogen and oxygen atoms in total. The lowest BCUT2D eigenvalue weighted by Gasteiger charge is -2.11. The van der Waals surface area contributed by atoms with Crippen molar-refractivity contribution in [3.63, 3.8) is 0 Å². The second-order valence-electron chi connectivity index (χ2n) is 7.08. The highest BCUT2D eigenvalue weighted by molar-refractivity contribution is 6.30. The molecule has 0 radical (unpaired) electrons. The van der Waals surface area contributed by atoms with Gasteiger partial charge in [-0.15, -0.1) is 0 Å². The number of carbonyl (C=O) groups is 1. The van der Waals surface area contributed by atoms with E-state index in [2.05, 4.69) is 10.5 Å². The number of methoxy groups -OCH3 is 1. The first-order valence-electron chi connectivity index (χ1n) is 10.2. The molecule has 0 aliphatic rings. The molecule has 166 valence electrons. The van der Waals surface area contributed by atoms with Crippen molar-refractivity contribution in [1.29, 1.82) is 0 Å². The molecular weight excluding hydrogens is 428 g/mol. The molecule has 0 saturated heterocycles. The fraction of sp³-hybridized carbons (Fsp3) is 0.200. The molecule has 3 aromatic rings. The van der Waals surface area contributed by atoms with Gasteiger partial charge in [-0.3, -0.25) is 4.79 Å². The van der Waals surface area contributed by atoms with E-state index < -0.39 is 6.10 Å². The highest BCUT2D eigenvalue weighted by atomic mass is 35.5. The Morgan fingerprint density at radius 1 is 1.09 bits per heavy atom. The number of rotatable bonds is 10. The second-order valence-corrected chi connectivity index (χ2v) is 7.52. The standard InChI is InChI=1S/C25H25ClN2O4/c1-31-24-15-19(9-13-23(24)32-17-18-7-10-21(26)11-8-18)16-27-28-25(30)14-12-22(29)20-5-3-2-4-6-20/h2-11,13,15-16,22,29H,12,14,17H2,1H3,(H,28,30)/b27-16-/t22-/m0/s1. The molecule has 32 heavy (non-hydrogen) atoms. The van der Waals surface area contributed by atoms with Gasteiger partial charge in [0.25, 0.3) is 0 Å². The van der Waals surface area contributed by atoms with Crippen molar-refractivity contribution in [3.05, 3.63) is 94.5 Å². The van der Waals surface area contributed by atoms with Crippen LogP contribution in [0.2, 0.25) is 5.02 Å². The third kappa shape index (κ3) is 7.11. The SMILES string of the molecule is COc1cc(/C=N\NC(=O)CC[C@H](O)c2ccccc2)ccc1OCc1ccc(Cl)cc1. The van der Waals surface area contributed by atoms with E-state index in [4.69, 9.17) is 21.1 Å². The van der Waals surface area contributed by atoms with Gasteiger partial charge in [0, 0.05) is 11.4 Å². The Balaban J connectivity index is 1.49. The topological polar surface area (TPSA) is 80.2 Å². The average Bonchev–Trinajstić information content (AvgIpc) is 2.83. The number of nitrogens with zero attached hydrogens (tertiary/aromatic N) is 1. The van der Waals surface area contributed by atoms with E-state index in [1.165, 1.54) is 6.21 Å². The van der Waals surface area contributed by atoms with Gasteiger partial charge >= 0.3 is 0 Å². The highest BCUT2D eigenvalue weighted by Gasteiger charge is 2.10. The summed E-state index contributed by atoms with van der Waals surface area (Å²) in [4.78, 5) is 12.0. The van der Waals surface area contributed by atoms with E-state index in [0.29, 0.717) is 29.5 Å². The number of nitrogens with one attached hydrogen (secondary N) is 1. The predicted octanol–water partition coefficient (Wildman–Crippen LogP) is 4.89. The van der Waals surface area contributed by atoms with Crippen molar-refractivity contribution < 1.29 is 19.4 Å². The molecule has 2 N–H and O–H groups in total. The quantitative estimate of drug-likeness (QED) is 0.339. The highest BCUT2D eigenvalue weighted by Crippen LogP contribution is 2.28. The van der Waals surface area contributed by atoms with Crippen LogP contribution in [-0.2, 0) is 11.4 Å². The van der Waals surface area contributed by atoms with Crippen molar-refractivity contribution >= 4 is 23.7 Å². The first-order valence-corrected chi connectivity index (χ1v) is 10.5. The maximum absolute atomic E-state index is 12.0. The fourth-order valence-corrected chi connectivity index (χ4v) is 3.10. The summed E-state index contributed by atoms with van der Waals surface area (Å²) in [6.45, 7) is 0.381. The van der Waals surface area contributed by atoms with Gasteiger partial charge in [0.2, 0.25) is 5.91 Å². The molecule has 3 aromatic carbocycles. The summed E-state index contributed by atoms with van der Waals surface area (Å²) in [7, 11) is 1.56. The zero-order chi connectivity index (χ0) is 22.8. The molecule has 7 heteroatoms. The minimum absolute atomic E-state index is 0.161. The molecule has 0 saturated carbocycles. The summed E-state index contributed by atoms with van der Waals surface area (Å²) in [6, 6.07) is 22.0. The Morgan fingerprint density at radius 2 is 1.84 bits per heavy atom. The largest absolute Gasteiger partial charge is 0.493 e. The molecule has 1 atom stereocenters. The van der Waals surface area contributed by atoms with Crippen LogP contribution >= 0.6 is 11.6 Å². The summed E-state index contributed by atoms with van der Waals surface area (Å²) in [6.07, 6.45) is 1.32. The van der Waals surface area contributed by atoms with Gasteiger partial charge < -0.3 is 14.6 Å². The number of hydrogen-bond donors (Lipinski definition) is 2. The smallest absolute Gasteiger partial charge is 0.240 e. The van der Waals surface area contributed by atoms with Crippen LogP contribution in [-0.4, -0.2) is 24.3 Å².